The number of aromatic nitrogens is 2. The van der Waals surface area contributed by atoms with Gasteiger partial charge in [-0.2, -0.15) is 10.4 Å². The zero-order valence-electron chi connectivity index (χ0n) is 15.8. The molecule has 1 aromatic carbocycles. The summed E-state index contributed by atoms with van der Waals surface area (Å²) in [4.78, 5) is 15.8. The molecule has 0 spiro atoms. The maximum atomic E-state index is 13.1. The van der Waals surface area contributed by atoms with Crippen molar-refractivity contribution in [3.8, 4) is 22.3 Å². The van der Waals surface area contributed by atoms with Crippen molar-refractivity contribution in [2.75, 3.05) is 7.05 Å². The molecule has 0 unspecified atom stereocenters. The molecule has 0 atom stereocenters. The van der Waals surface area contributed by atoms with E-state index >= 15 is 0 Å². The molecule has 5 nitrogen and oxygen atoms in total. The average molecular weight is 391 g/mol. The molecule has 3 aromatic rings. The number of nitriles is 1. The summed E-state index contributed by atoms with van der Waals surface area (Å²) in [5, 5.41) is 16.5. The van der Waals surface area contributed by atoms with Crippen LogP contribution in [0.3, 0.4) is 0 Å². The third-order valence-electron chi connectivity index (χ3n) is 5.40. The van der Waals surface area contributed by atoms with E-state index in [-0.39, 0.29) is 5.91 Å². The molecule has 0 saturated heterocycles. The van der Waals surface area contributed by atoms with Gasteiger partial charge < -0.3 is 4.90 Å². The minimum Gasteiger partial charge on any atom is -0.340 e. The first-order valence-electron chi connectivity index (χ1n) is 9.48. The van der Waals surface area contributed by atoms with Gasteiger partial charge >= 0.3 is 0 Å². The number of hydrogen-bond donors (Lipinski definition) is 0. The Kier molecular flexibility index (Phi) is 5.01. The maximum Gasteiger partial charge on any atom is 0.243 e. The van der Waals surface area contributed by atoms with Gasteiger partial charge in [0.2, 0.25) is 5.91 Å². The second kappa shape index (κ2) is 7.61. The Bertz CT molecular complexity index is 995. The summed E-state index contributed by atoms with van der Waals surface area (Å²) < 4.78 is 1.86. The summed E-state index contributed by atoms with van der Waals surface area (Å²) in [6.45, 7) is 0.433. The van der Waals surface area contributed by atoms with Crippen molar-refractivity contribution >= 4 is 17.2 Å². The number of para-hydroxylation sites is 1. The first-order chi connectivity index (χ1) is 13.6. The number of amides is 1. The Morgan fingerprint density at radius 3 is 2.64 bits per heavy atom. The second-order valence-corrected chi connectivity index (χ2v) is 8.27. The maximum absolute atomic E-state index is 13.1. The normalized spacial score (nSPS) is 15.3. The van der Waals surface area contributed by atoms with E-state index in [0.717, 1.165) is 34.7 Å². The molecule has 0 N–H and O–H groups in total. The quantitative estimate of drug-likeness (QED) is 0.637. The molecular weight excluding hydrogens is 368 g/mol. The fourth-order valence-electron chi connectivity index (χ4n) is 3.90. The van der Waals surface area contributed by atoms with E-state index in [2.05, 4.69) is 6.07 Å². The van der Waals surface area contributed by atoms with Crippen molar-refractivity contribution in [2.45, 2.75) is 32.2 Å². The van der Waals surface area contributed by atoms with Crippen molar-refractivity contribution < 1.29 is 4.79 Å². The van der Waals surface area contributed by atoms with Gasteiger partial charge in [-0.25, -0.2) is 4.68 Å². The lowest BCUT2D eigenvalue weighted by atomic mass is 9.86. The highest BCUT2D eigenvalue weighted by Gasteiger charge is 2.43. The van der Waals surface area contributed by atoms with Crippen LogP contribution in [0.2, 0.25) is 0 Å². The Morgan fingerprint density at radius 2 is 2.00 bits per heavy atom. The van der Waals surface area contributed by atoms with Gasteiger partial charge in [0.05, 0.1) is 16.6 Å². The van der Waals surface area contributed by atoms with Gasteiger partial charge in [-0.3, -0.25) is 4.79 Å². The lowest BCUT2D eigenvalue weighted by Gasteiger charge is -2.26. The minimum atomic E-state index is -0.854. The zero-order chi connectivity index (χ0) is 19.6. The number of rotatable bonds is 5. The van der Waals surface area contributed by atoms with Crippen LogP contribution in [-0.4, -0.2) is 27.6 Å². The molecule has 2 heterocycles. The van der Waals surface area contributed by atoms with Gasteiger partial charge in [0.1, 0.15) is 11.1 Å². The molecule has 4 rings (SSSR count). The molecule has 0 radical (unpaired) electrons. The predicted molar refractivity (Wildman–Crippen MR) is 110 cm³/mol. The summed E-state index contributed by atoms with van der Waals surface area (Å²) in [5.41, 5.74) is 1.99. The van der Waals surface area contributed by atoms with Gasteiger partial charge in [0.25, 0.3) is 0 Å². The summed E-state index contributed by atoms with van der Waals surface area (Å²) in [7, 11) is 1.79. The Balaban J connectivity index is 1.66. The third kappa shape index (κ3) is 3.34. The molecule has 1 saturated carbocycles. The number of carbonyl (C=O) groups excluding carboxylic acids is 1. The van der Waals surface area contributed by atoms with Crippen molar-refractivity contribution in [2.24, 2.45) is 5.41 Å². The lowest BCUT2D eigenvalue weighted by Crippen LogP contribution is -2.39. The van der Waals surface area contributed by atoms with Gasteiger partial charge in [-0.05, 0) is 36.4 Å². The van der Waals surface area contributed by atoms with E-state index in [9.17, 15) is 10.1 Å². The minimum absolute atomic E-state index is 0.0721. The lowest BCUT2D eigenvalue weighted by molar-refractivity contribution is -0.138. The summed E-state index contributed by atoms with van der Waals surface area (Å²) in [6, 6.07) is 16.3. The molecule has 2 aromatic heterocycles. The average Bonchev–Trinajstić information content (AvgIpc) is 3.48. The monoisotopic (exact) mass is 390 g/mol. The fourth-order valence-corrected chi connectivity index (χ4v) is 4.65. The van der Waals surface area contributed by atoms with E-state index in [1.807, 2.05) is 58.7 Å². The van der Waals surface area contributed by atoms with E-state index in [1.165, 1.54) is 0 Å². The van der Waals surface area contributed by atoms with Crippen LogP contribution in [0.15, 0.2) is 54.0 Å². The highest BCUT2D eigenvalue weighted by molar-refractivity contribution is 7.13. The molecule has 0 bridgehead atoms. The number of benzene rings is 1. The van der Waals surface area contributed by atoms with Gasteiger partial charge in [-0.1, -0.05) is 37.1 Å². The smallest absolute Gasteiger partial charge is 0.243 e. The van der Waals surface area contributed by atoms with E-state index in [1.54, 1.807) is 23.3 Å². The largest absolute Gasteiger partial charge is 0.340 e. The Morgan fingerprint density at radius 1 is 1.25 bits per heavy atom. The summed E-state index contributed by atoms with van der Waals surface area (Å²) in [5.74, 6) is -0.0721. The van der Waals surface area contributed by atoms with E-state index < -0.39 is 5.41 Å². The number of hydrogen-bond acceptors (Lipinski definition) is 4. The van der Waals surface area contributed by atoms with Crippen LogP contribution in [-0.2, 0) is 11.3 Å². The van der Waals surface area contributed by atoms with Crippen molar-refractivity contribution in [3.63, 3.8) is 0 Å². The molecule has 1 fully saturated rings. The summed E-state index contributed by atoms with van der Waals surface area (Å²) >= 11 is 1.63. The molecule has 142 valence electrons. The van der Waals surface area contributed by atoms with Crippen LogP contribution >= 0.6 is 11.3 Å². The molecule has 1 aliphatic rings. The first-order valence-corrected chi connectivity index (χ1v) is 10.4. The Labute approximate surface area is 168 Å². The predicted octanol–water partition coefficient (Wildman–Crippen LogP) is 4.64. The van der Waals surface area contributed by atoms with Crippen LogP contribution < -0.4 is 0 Å². The van der Waals surface area contributed by atoms with Gasteiger partial charge in [0.15, 0.2) is 0 Å². The SMILES string of the molecule is CN(Cc1cn(-c2ccccc2)nc1-c1cccs1)C(=O)C1(C#N)CCCC1. The van der Waals surface area contributed by atoms with Gasteiger partial charge in [-0.15, -0.1) is 11.3 Å². The van der Waals surface area contributed by atoms with Crippen molar-refractivity contribution in [1.82, 2.24) is 14.7 Å². The molecule has 0 aliphatic heterocycles. The molecule has 6 heteroatoms. The standard InChI is InChI=1S/C22H22N4OS/c1-25(21(27)22(16-23)11-5-6-12-22)14-17-15-26(18-8-3-2-4-9-18)24-20(17)19-10-7-13-28-19/h2-4,7-10,13,15H,5-6,11-12,14H2,1H3. The van der Waals surface area contributed by atoms with Crippen LogP contribution in [0.5, 0.6) is 0 Å². The highest BCUT2D eigenvalue weighted by atomic mass is 32.1. The second-order valence-electron chi connectivity index (χ2n) is 7.32. The number of carbonyl (C=O) groups is 1. The third-order valence-corrected chi connectivity index (χ3v) is 6.28. The first kappa shape index (κ1) is 18.5. The van der Waals surface area contributed by atoms with Crippen LogP contribution in [0.4, 0.5) is 0 Å². The molecule has 1 aliphatic carbocycles. The van der Waals surface area contributed by atoms with E-state index in [0.29, 0.717) is 19.4 Å². The van der Waals surface area contributed by atoms with Crippen molar-refractivity contribution in [3.05, 3.63) is 59.6 Å². The number of thiophene rings is 1. The Hall–Kier alpha value is -2.91. The van der Waals surface area contributed by atoms with Crippen molar-refractivity contribution in [1.29, 1.82) is 5.26 Å². The van der Waals surface area contributed by atoms with E-state index in [4.69, 9.17) is 5.10 Å². The molecule has 1 amide bonds. The van der Waals surface area contributed by atoms with Crippen LogP contribution in [0.1, 0.15) is 31.2 Å². The molecule has 28 heavy (non-hydrogen) atoms. The summed E-state index contributed by atoms with van der Waals surface area (Å²) in [6.07, 6.45) is 5.20. The number of nitrogens with zero attached hydrogens (tertiary/aromatic N) is 4. The van der Waals surface area contributed by atoms with Gasteiger partial charge in [0, 0.05) is 25.4 Å². The topological polar surface area (TPSA) is 61.9 Å². The van der Waals surface area contributed by atoms with Crippen LogP contribution in [0.25, 0.3) is 16.3 Å². The fraction of sp³-hybridized carbons (Fsp3) is 0.318. The highest BCUT2D eigenvalue weighted by Crippen LogP contribution is 2.39. The zero-order valence-corrected chi connectivity index (χ0v) is 16.7. The van der Waals surface area contributed by atoms with Crippen LogP contribution in [0, 0.1) is 16.7 Å². The molecular formula is C22H22N4OS.